The second kappa shape index (κ2) is 4.17. The van der Waals surface area contributed by atoms with Crippen molar-refractivity contribution in [1.82, 2.24) is 4.98 Å². The van der Waals surface area contributed by atoms with Crippen LogP contribution in [0.25, 0.3) is 10.9 Å². The van der Waals surface area contributed by atoms with Crippen molar-refractivity contribution in [3.63, 3.8) is 0 Å². The number of esters is 1. The van der Waals surface area contributed by atoms with Gasteiger partial charge in [-0.25, -0.2) is 4.79 Å². The number of H-pyrrole nitrogens is 1. The summed E-state index contributed by atoms with van der Waals surface area (Å²) in [5.74, 6) is 0.338. The summed E-state index contributed by atoms with van der Waals surface area (Å²) in [6.07, 6.45) is 0. The van der Waals surface area contributed by atoms with E-state index in [4.69, 9.17) is 4.74 Å². The van der Waals surface area contributed by atoms with Crippen molar-refractivity contribution in [3.8, 4) is 5.75 Å². The molecule has 1 heterocycles. The Kier molecular flexibility index (Phi) is 2.87. The van der Waals surface area contributed by atoms with Gasteiger partial charge in [0.25, 0.3) is 0 Å². The predicted octanol–water partition coefficient (Wildman–Crippen LogP) is 2.73. The normalized spacial score (nSPS) is 10.4. The SMILES string of the molecule is COC(=O)c1cc2c(Br)c(OC)ccc2[nH]1. The van der Waals surface area contributed by atoms with Crippen LogP contribution in [0.4, 0.5) is 0 Å². The first-order chi connectivity index (χ1) is 7.67. The lowest BCUT2D eigenvalue weighted by Crippen LogP contribution is -2.00. The first-order valence-electron chi connectivity index (χ1n) is 4.61. The van der Waals surface area contributed by atoms with Crippen molar-refractivity contribution >= 4 is 32.8 Å². The zero-order chi connectivity index (χ0) is 11.7. The van der Waals surface area contributed by atoms with Crippen LogP contribution < -0.4 is 4.74 Å². The average Bonchev–Trinajstić information content (AvgIpc) is 2.73. The van der Waals surface area contributed by atoms with Crippen LogP contribution in [0.5, 0.6) is 5.75 Å². The number of aromatic nitrogens is 1. The molecule has 84 valence electrons. The smallest absolute Gasteiger partial charge is 0.354 e. The molecule has 0 bridgehead atoms. The quantitative estimate of drug-likeness (QED) is 0.863. The summed E-state index contributed by atoms with van der Waals surface area (Å²) in [4.78, 5) is 14.3. The third-order valence-corrected chi connectivity index (χ3v) is 3.15. The lowest BCUT2D eigenvalue weighted by molar-refractivity contribution is 0.0595. The van der Waals surface area contributed by atoms with E-state index in [2.05, 4.69) is 25.7 Å². The van der Waals surface area contributed by atoms with Crippen molar-refractivity contribution in [2.24, 2.45) is 0 Å². The minimum Gasteiger partial charge on any atom is -0.496 e. The number of aromatic amines is 1. The van der Waals surface area contributed by atoms with E-state index in [1.54, 1.807) is 13.2 Å². The largest absolute Gasteiger partial charge is 0.496 e. The van der Waals surface area contributed by atoms with Crippen LogP contribution in [0.2, 0.25) is 0 Å². The number of rotatable bonds is 2. The highest BCUT2D eigenvalue weighted by atomic mass is 79.9. The Morgan fingerprint density at radius 1 is 1.38 bits per heavy atom. The molecule has 0 fully saturated rings. The van der Waals surface area contributed by atoms with Crippen LogP contribution in [0.1, 0.15) is 10.5 Å². The molecule has 1 aromatic heterocycles. The second-order valence-electron chi connectivity index (χ2n) is 3.22. The molecule has 16 heavy (non-hydrogen) atoms. The first kappa shape index (κ1) is 11.0. The van der Waals surface area contributed by atoms with Gasteiger partial charge in [-0.05, 0) is 34.1 Å². The van der Waals surface area contributed by atoms with Gasteiger partial charge in [0.05, 0.1) is 18.7 Å². The van der Waals surface area contributed by atoms with Crippen LogP contribution in [0.3, 0.4) is 0 Å². The summed E-state index contributed by atoms with van der Waals surface area (Å²) in [5.41, 5.74) is 1.28. The molecule has 0 aliphatic rings. The Balaban J connectivity index is 2.62. The number of methoxy groups -OCH3 is 2. The fourth-order valence-corrected chi connectivity index (χ4v) is 2.15. The molecule has 5 heteroatoms. The molecule has 1 N–H and O–H groups in total. The van der Waals surface area contributed by atoms with Crippen LogP contribution in [-0.4, -0.2) is 25.2 Å². The zero-order valence-corrected chi connectivity index (χ0v) is 10.4. The molecular weight excluding hydrogens is 274 g/mol. The summed E-state index contributed by atoms with van der Waals surface area (Å²) in [6.45, 7) is 0. The van der Waals surface area contributed by atoms with Crippen LogP contribution in [0.15, 0.2) is 22.7 Å². The molecule has 1 aromatic carbocycles. The summed E-state index contributed by atoms with van der Waals surface area (Å²) in [7, 11) is 2.95. The number of halogens is 1. The van der Waals surface area contributed by atoms with E-state index in [0.29, 0.717) is 5.69 Å². The maximum Gasteiger partial charge on any atom is 0.354 e. The number of hydrogen-bond donors (Lipinski definition) is 1. The van der Waals surface area contributed by atoms with Gasteiger partial charge < -0.3 is 14.5 Å². The lowest BCUT2D eigenvalue weighted by atomic mass is 10.2. The number of carbonyl (C=O) groups is 1. The van der Waals surface area contributed by atoms with E-state index in [9.17, 15) is 4.79 Å². The molecule has 0 aliphatic heterocycles. The molecule has 0 spiro atoms. The summed E-state index contributed by atoms with van der Waals surface area (Å²) in [6, 6.07) is 5.41. The van der Waals surface area contributed by atoms with Gasteiger partial charge in [-0.3, -0.25) is 0 Å². The van der Waals surface area contributed by atoms with Gasteiger partial charge in [-0.2, -0.15) is 0 Å². The van der Waals surface area contributed by atoms with Gasteiger partial charge in [-0.1, -0.05) is 0 Å². The zero-order valence-electron chi connectivity index (χ0n) is 8.83. The van der Waals surface area contributed by atoms with Crippen LogP contribution in [0, 0.1) is 0 Å². The molecule has 0 saturated carbocycles. The third-order valence-electron chi connectivity index (χ3n) is 2.33. The average molecular weight is 284 g/mol. The van der Waals surface area contributed by atoms with Crippen LogP contribution in [-0.2, 0) is 4.74 Å². The van der Waals surface area contributed by atoms with Gasteiger partial charge in [0, 0.05) is 10.9 Å². The van der Waals surface area contributed by atoms with E-state index in [1.807, 2.05) is 12.1 Å². The second-order valence-corrected chi connectivity index (χ2v) is 4.01. The third kappa shape index (κ3) is 1.67. The fourth-order valence-electron chi connectivity index (χ4n) is 1.53. The Morgan fingerprint density at radius 2 is 2.12 bits per heavy atom. The molecule has 0 atom stereocenters. The number of ether oxygens (including phenoxy) is 2. The maximum atomic E-state index is 11.3. The topological polar surface area (TPSA) is 51.3 Å². The Labute approximate surface area is 101 Å². The molecule has 4 nitrogen and oxygen atoms in total. The van der Waals surface area contributed by atoms with Crippen LogP contribution >= 0.6 is 15.9 Å². The molecule has 0 unspecified atom stereocenters. The van der Waals surface area contributed by atoms with Gasteiger partial charge in [0.15, 0.2) is 0 Å². The van der Waals surface area contributed by atoms with Crippen molar-refractivity contribution in [1.29, 1.82) is 0 Å². The van der Waals surface area contributed by atoms with Gasteiger partial charge >= 0.3 is 5.97 Å². The highest BCUT2D eigenvalue weighted by Gasteiger charge is 2.13. The van der Waals surface area contributed by atoms with Crippen molar-refractivity contribution < 1.29 is 14.3 Å². The molecular formula is C11H10BrNO3. The number of nitrogens with one attached hydrogen (secondary N) is 1. The molecule has 2 rings (SSSR count). The molecule has 2 aromatic rings. The molecule has 0 aliphatic carbocycles. The van der Waals surface area contributed by atoms with E-state index in [-0.39, 0.29) is 5.97 Å². The Hall–Kier alpha value is -1.49. The van der Waals surface area contributed by atoms with E-state index >= 15 is 0 Å². The molecule has 0 amide bonds. The maximum absolute atomic E-state index is 11.3. The predicted molar refractivity (Wildman–Crippen MR) is 63.9 cm³/mol. The Morgan fingerprint density at radius 3 is 2.75 bits per heavy atom. The van der Waals surface area contributed by atoms with E-state index < -0.39 is 0 Å². The summed E-state index contributed by atoms with van der Waals surface area (Å²) >= 11 is 3.43. The standard InChI is InChI=1S/C11H10BrNO3/c1-15-9-4-3-7-6(10(9)12)5-8(13-7)11(14)16-2/h3-5,13H,1-2H3. The van der Waals surface area contributed by atoms with Crippen molar-refractivity contribution in [2.75, 3.05) is 14.2 Å². The van der Waals surface area contributed by atoms with E-state index in [1.165, 1.54) is 7.11 Å². The minimum absolute atomic E-state index is 0.387. The first-order valence-corrected chi connectivity index (χ1v) is 5.40. The number of hydrogen-bond acceptors (Lipinski definition) is 3. The minimum atomic E-state index is -0.387. The van der Waals surface area contributed by atoms with Gasteiger partial charge in [0.1, 0.15) is 11.4 Å². The van der Waals surface area contributed by atoms with Crippen molar-refractivity contribution in [3.05, 3.63) is 28.4 Å². The number of benzene rings is 1. The van der Waals surface area contributed by atoms with Gasteiger partial charge in [-0.15, -0.1) is 0 Å². The monoisotopic (exact) mass is 283 g/mol. The number of fused-ring (bicyclic) bond motifs is 1. The summed E-state index contributed by atoms with van der Waals surface area (Å²) in [5, 5.41) is 0.889. The highest BCUT2D eigenvalue weighted by Crippen LogP contribution is 2.33. The number of carbonyl (C=O) groups excluding carboxylic acids is 1. The lowest BCUT2D eigenvalue weighted by Gasteiger charge is -2.02. The Bertz CT molecular complexity index is 547. The molecule has 0 radical (unpaired) electrons. The summed E-state index contributed by atoms with van der Waals surface area (Å²) < 4.78 is 10.6. The van der Waals surface area contributed by atoms with Crippen molar-refractivity contribution in [2.45, 2.75) is 0 Å². The fraction of sp³-hybridized carbons (Fsp3) is 0.182. The molecule has 0 saturated heterocycles. The highest BCUT2D eigenvalue weighted by molar-refractivity contribution is 9.10. The van der Waals surface area contributed by atoms with Gasteiger partial charge in [0.2, 0.25) is 0 Å². The van der Waals surface area contributed by atoms with E-state index in [0.717, 1.165) is 21.1 Å².